The van der Waals surface area contributed by atoms with Gasteiger partial charge < -0.3 is 5.73 Å². The fraction of sp³-hybridized carbons (Fsp3) is 0.143. The Morgan fingerprint density at radius 3 is 2.90 bits per heavy atom. The van der Waals surface area contributed by atoms with Crippen molar-refractivity contribution in [3.05, 3.63) is 29.8 Å². The van der Waals surface area contributed by atoms with Crippen LogP contribution in [0, 0.1) is 0 Å². The molecular formula is C7H10N2O. The summed E-state index contributed by atoms with van der Waals surface area (Å²) in [4.78, 5) is 0. The van der Waals surface area contributed by atoms with Gasteiger partial charge in [-0.1, -0.05) is 12.1 Å². The first-order valence-electron chi connectivity index (χ1n) is 3.06. The van der Waals surface area contributed by atoms with Crippen molar-refractivity contribution >= 4 is 5.69 Å². The normalized spacial score (nSPS) is 9.40. The van der Waals surface area contributed by atoms with Crippen LogP contribution < -0.4 is 11.2 Å². The van der Waals surface area contributed by atoms with Gasteiger partial charge in [-0.15, -0.1) is 0 Å². The molecule has 0 bridgehead atoms. The fourth-order valence-electron chi connectivity index (χ4n) is 0.768. The lowest BCUT2D eigenvalue weighted by molar-refractivity contribution is 0.389. The molecule has 4 N–H and O–H groups in total. The molecule has 0 aliphatic rings. The zero-order valence-corrected chi connectivity index (χ0v) is 5.54. The molecule has 0 amide bonds. The van der Waals surface area contributed by atoms with Crippen LogP contribution >= 0.6 is 0 Å². The molecule has 0 spiro atoms. The summed E-state index contributed by atoms with van der Waals surface area (Å²) in [6.07, 6.45) is 0. The molecule has 0 aromatic heterocycles. The molecule has 0 aliphatic carbocycles. The molecule has 1 rings (SSSR count). The molecular weight excluding hydrogens is 128 g/mol. The van der Waals surface area contributed by atoms with Crippen molar-refractivity contribution in [1.82, 2.24) is 0 Å². The average molecular weight is 138 g/mol. The standard InChI is InChI=1S/C7H10N2O/c8-5-6-2-1-3-7(4-6)9-10/h1-4,9-10H,5,8H2. The second-order valence-corrected chi connectivity index (χ2v) is 2.02. The van der Waals surface area contributed by atoms with Gasteiger partial charge in [-0.25, -0.2) is 0 Å². The van der Waals surface area contributed by atoms with Crippen LogP contribution in [-0.2, 0) is 6.54 Å². The summed E-state index contributed by atoms with van der Waals surface area (Å²) in [6, 6.07) is 7.29. The Balaban J connectivity index is 2.87. The van der Waals surface area contributed by atoms with Gasteiger partial charge in [0.2, 0.25) is 0 Å². The van der Waals surface area contributed by atoms with Crippen molar-refractivity contribution < 1.29 is 5.21 Å². The second kappa shape index (κ2) is 3.20. The second-order valence-electron chi connectivity index (χ2n) is 2.02. The molecule has 0 fully saturated rings. The lowest BCUT2D eigenvalue weighted by Gasteiger charge is -1.99. The van der Waals surface area contributed by atoms with E-state index in [1.54, 1.807) is 12.1 Å². The number of nitrogens with one attached hydrogen (secondary N) is 1. The van der Waals surface area contributed by atoms with E-state index in [-0.39, 0.29) is 0 Å². The van der Waals surface area contributed by atoms with Gasteiger partial charge in [-0.05, 0) is 17.7 Å². The topological polar surface area (TPSA) is 58.3 Å². The van der Waals surface area contributed by atoms with Crippen molar-refractivity contribution in [2.45, 2.75) is 6.54 Å². The Morgan fingerprint density at radius 2 is 2.30 bits per heavy atom. The maximum Gasteiger partial charge on any atom is 0.0605 e. The Kier molecular flexibility index (Phi) is 2.25. The van der Waals surface area contributed by atoms with E-state index in [1.807, 2.05) is 17.6 Å². The summed E-state index contributed by atoms with van der Waals surface area (Å²) in [5.41, 5.74) is 9.08. The van der Waals surface area contributed by atoms with Crippen molar-refractivity contribution in [2.24, 2.45) is 5.73 Å². The first kappa shape index (κ1) is 7.05. The number of benzene rings is 1. The third kappa shape index (κ3) is 1.46. The van der Waals surface area contributed by atoms with Gasteiger partial charge >= 0.3 is 0 Å². The van der Waals surface area contributed by atoms with E-state index in [0.29, 0.717) is 12.2 Å². The number of nitrogens with two attached hydrogens (primary N) is 1. The fourth-order valence-corrected chi connectivity index (χ4v) is 0.768. The van der Waals surface area contributed by atoms with Gasteiger partial charge in [0.25, 0.3) is 0 Å². The first-order valence-corrected chi connectivity index (χ1v) is 3.06. The maximum atomic E-state index is 8.47. The van der Waals surface area contributed by atoms with Gasteiger partial charge in [-0.3, -0.25) is 10.7 Å². The van der Waals surface area contributed by atoms with Crippen LogP contribution in [0.15, 0.2) is 24.3 Å². The molecule has 0 saturated carbocycles. The van der Waals surface area contributed by atoms with Crippen molar-refractivity contribution in [1.29, 1.82) is 0 Å². The number of hydrogen-bond acceptors (Lipinski definition) is 3. The third-order valence-electron chi connectivity index (χ3n) is 1.29. The predicted octanol–water partition coefficient (Wildman–Crippen LogP) is 0.946. The summed E-state index contributed by atoms with van der Waals surface area (Å²) in [5.74, 6) is 0. The van der Waals surface area contributed by atoms with E-state index in [0.717, 1.165) is 5.56 Å². The summed E-state index contributed by atoms with van der Waals surface area (Å²) < 4.78 is 0. The molecule has 3 heteroatoms. The molecule has 10 heavy (non-hydrogen) atoms. The molecule has 0 aliphatic heterocycles. The SMILES string of the molecule is NCc1cccc(NO)c1. The number of anilines is 1. The first-order chi connectivity index (χ1) is 4.86. The molecule has 0 heterocycles. The Labute approximate surface area is 59.4 Å². The lowest BCUT2D eigenvalue weighted by Crippen LogP contribution is -1.97. The number of rotatable bonds is 2. The molecule has 0 radical (unpaired) electrons. The summed E-state index contributed by atoms with van der Waals surface area (Å²) in [5, 5.41) is 8.47. The van der Waals surface area contributed by atoms with Crippen LogP contribution in [0.2, 0.25) is 0 Å². The quantitative estimate of drug-likeness (QED) is 0.533. The minimum absolute atomic E-state index is 0.496. The van der Waals surface area contributed by atoms with Gasteiger partial charge in [0.05, 0.1) is 5.69 Å². The van der Waals surface area contributed by atoms with E-state index in [9.17, 15) is 0 Å². The van der Waals surface area contributed by atoms with Crippen LogP contribution in [0.1, 0.15) is 5.56 Å². The zero-order valence-electron chi connectivity index (χ0n) is 5.54. The van der Waals surface area contributed by atoms with Crippen molar-refractivity contribution in [3.8, 4) is 0 Å². The number of hydrogen-bond donors (Lipinski definition) is 3. The van der Waals surface area contributed by atoms with Crippen LogP contribution in [0.5, 0.6) is 0 Å². The Morgan fingerprint density at radius 1 is 1.50 bits per heavy atom. The highest BCUT2D eigenvalue weighted by Gasteiger charge is 1.89. The van der Waals surface area contributed by atoms with E-state index in [4.69, 9.17) is 10.9 Å². The van der Waals surface area contributed by atoms with Gasteiger partial charge in [0.15, 0.2) is 0 Å². The monoisotopic (exact) mass is 138 g/mol. The predicted molar refractivity (Wildman–Crippen MR) is 39.7 cm³/mol. The zero-order chi connectivity index (χ0) is 7.40. The van der Waals surface area contributed by atoms with Crippen LogP contribution in [0.25, 0.3) is 0 Å². The van der Waals surface area contributed by atoms with E-state index in [1.165, 1.54) is 0 Å². The molecule has 54 valence electrons. The lowest BCUT2D eigenvalue weighted by atomic mass is 10.2. The van der Waals surface area contributed by atoms with E-state index >= 15 is 0 Å². The van der Waals surface area contributed by atoms with E-state index in [2.05, 4.69) is 0 Å². The Hall–Kier alpha value is -1.06. The van der Waals surface area contributed by atoms with Gasteiger partial charge in [0.1, 0.15) is 0 Å². The minimum atomic E-state index is 0.496. The highest BCUT2D eigenvalue weighted by atomic mass is 16.5. The molecule has 1 aromatic rings. The molecule has 0 unspecified atom stereocenters. The summed E-state index contributed by atoms with van der Waals surface area (Å²) in [6.45, 7) is 0.496. The molecule has 0 atom stereocenters. The van der Waals surface area contributed by atoms with Gasteiger partial charge in [-0.2, -0.15) is 0 Å². The van der Waals surface area contributed by atoms with Crippen molar-refractivity contribution in [2.75, 3.05) is 5.48 Å². The highest BCUT2D eigenvalue weighted by molar-refractivity contribution is 5.43. The van der Waals surface area contributed by atoms with Crippen LogP contribution in [0.3, 0.4) is 0 Å². The smallest absolute Gasteiger partial charge is 0.0605 e. The Bertz CT molecular complexity index is 193. The van der Waals surface area contributed by atoms with E-state index < -0.39 is 0 Å². The summed E-state index contributed by atoms with van der Waals surface area (Å²) in [7, 11) is 0. The summed E-state index contributed by atoms with van der Waals surface area (Å²) >= 11 is 0. The van der Waals surface area contributed by atoms with Gasteiger partial charge in [0, 0.05) is 6.54 Å². The highest BCUT2D eigenvalue weighted by Crippen LogP contribution is 2.07. The third-order valence-corrected chi connectivity index (χ3v) is 1.29. The maximum absolute atomic E-state index is 8.47. The molecule has 1 aromatic carbocycles. The van der Waals surface area contributed by atoms with Crippen LogP contribution in [0.4, 0.5) is 5.69 Å². The van der Waals surface area contributed by atoms with Crippen molar-refractivity contribution in [3.63, 3.8) is 0 Å². The molecule has 0 saturated heterocycles. The largest absolute Gasteiger partial charge is 0.326 e. The minimum Gasteiger partial charge on any atom is -0.326 e. The van der Waals surface area contributed by atoms with Crippen LogP contribution in [-0.4, -0.2) is 5.21 Å². The average Bonchev–Trinajstić information content (AvgIpc) is 2.05. The molecule has 3 nitrogen and oxygen atoms in total.